The van der Waals surface area contributed by atoms with Crippen LogP contribution < -0.4 is 0 Å². The maximum absolute atomic E-state index is 12.4. The molecule has 0 bridgehead atoms. The summed E-state index contributed by atoms with van der Waals surface area (Å²) in [5.74, 6) is 0.683. The van der Waals surface area contributed by atoms with Gasteiger partial charge < -0.3 is 4.90 Å². The first-order valence-corrected chi connectivity index (χ1v) is 7.51. The van der Waals surface area contributed by atoms with Gasteiger partial charge in [-0.3, -0.25) is 4.79 Å². The molecule has 2 heterocycles. The summed E-state index contributed by atoms with van der Waals surface area (Å²) >= 11 is 1.55. The maximum Gasteiger partial charge on any atom is 0.263 e. The topological polar surface area (TPSA) is 20.3 Å². The highest BCUT2D eigenvalue weighted by molar-refractivity contribution is 7.12. The highest BCUT2D eigenvalue weighted by atomic mass is 32.1. The monoisotopic (exact) mass is 271 g/mol. The van der Waals surface area contributed by atoms with E-state index in [0.29, 0.717) is 5.92 Å². The minimum absolute atomic E-state index is 0.191. The lowest BCUT2D eigenvalue weighted by molar-refractivity contribution is 0.0795. The highest BCUT2D eigenvalue weighted by Crippen LogP contribution is 2.28. The van der Waals surface area contributed by atoms with Crippen LogP contribution in [0.2, 0.25) is 0 Å². The van der Waals surface area contributed by atoms with Crippen molar-refractivity contribution in [2.45, 2.75) is 19.3 Å². The molecule has 1 unspecified atom stereocenters. The average molecular weight is 271 g/mol. The van der Waals surface area contributed by atoms with Crippen molar-refractivity contribution < 1.29 is 4.79 Å². The smallest absolute Gasteiger partial charge is 0.263 e. The predicted molar refractivity (Wildman–Crippen MR) is 78.8 cm³/mol. The van der Waals surface area contributed by atoms with E-state index < -0.39 is 0 Å². The molecule has 0 N–H and O–H groups in total. The predicted octanol–water partition coefficient (Wildman–Crippen LogP) is 3.69. The number of likely N-dealkylation sites (tertiary alicyclic amines) is 1. The zero-order valence-electron chi connectivity index (χ0n) is 11.0. The van der Waals surface area contributed by atoms with Gasteiger partial charge in [-0.2, -0.15) is 0 Å². The Morgan fingerprint density at radius 2 is 2.11 bits per heavy atom. The highest BCUT2D eigenvalue weighted by Gasteiger charge is 2.28. The van der Waals surface area contributed by atoms with Crippen LogP contribution in [-0.4, -0.2) is 23.9 Å². The molecule has 2 aromatic rings. The first kappa shape index (κ1) is 12.4. The summed E-state index contributed by atoms with van der Waals surface area (Å²) in [4.78, 5) is 15.2. The Balaban J connectivity index is 1.71. The second kappa shape index (κ2) is 5.17. The lowest BCUT2D eigenvalue weighted by atomic mass is 9.99. The second-order valence-electron chi connectivity index (χ2n) is 5.14. The van der Waals surface area contributed by atoms with Gasteiger partial charge in [-0.05, 0) is 35.9 Å². The van der Waals surface area contributed by atoms with Gasteiger partial charge in [0.2, 0.25) is 0 Å². The number of carbonyl (C=O) groups excluding carboxylic acids is 1. The number of aryl methyl sites for hydroxylation is 1. The molecule has 3 rings (SSSR count). The molecule has 1 fully saturated rings. The zero-order chi connectivity index (χ0) is 13.2. The normalized spacial score (nSPS) is 18.8. The number of thiophene rings is 1. The standard InChI is InChI=1S/C16H17NOS/c1-12-9-15(19-11-12)16(18)17-8-7-14(10-17)13-5-3-2-4-6-13/h2-6,9,11,14H,7-8,10H2,1H3. The van der Waals surface area contributed by atoms with Crippen LogP contribution >= 0.6 is 11.3 Å². The van der Waals surface area contributed by atoms with Gasteiger partial charge in [0.25, 0.3) is 5.91 Å². The number of benzene rings is 1. The molecule has 1 amide bonds. The van der Waals surface area contributed by atoms with E-state index in [1.54, 1.807) is 11.3 Å². The molecule has 19 heavy (non-hydrogen) atoms. The van der Waals surface area contributed by atoms with Crippen LogP contribution in [0.25, 0.3) is 0 Å². The fraction of sp³-hybridized carbons (Fsp3) is 0.312. The van der Waals surface area contributed by atoms with Crippen LogP contribution in [0.1, 0.15) is 33.1 Å². The summed E-state index contributed by atoms with van der Waals surface area (Å²) < 4.78 is 0. The van der Waals surface area contributed by atoms with Gasteiger partial charge in [0, 0.05) is 19.0 Å². The number of nitrogens with zero attached hydrogens (tertiary/aromatic N) is 1. The second-order valence-corrected chi connectivity index (χ2v) is 6.05. The Morgan fingerprint density at radius 1 is 1.32 bits per heavy atom. The molecular formula is C16H17NOS. The minimum Gasteiger partial charge on any atom is -0.337 e. The van der Waals surface area contributed by atoms with E-state index in [1.165, 1.54) is 11.1 Å². The van der Waals surface area contributed by atoms with Crippen LogP contribution in [0.5, 0.6) is 0 Å². The summed E-state index contributed by atoms with van der Waals surface area (Å²) in [6, 6.07) is 12.5. The van der Waals surface area contributed by atoms with Gasteiger partial charge in [-0.25, -0.2) is 0 Å². The summed E-state index contributed by atoms with van der Waals surface area (Å²) in [6.07, 6.45) is 1.07. The van der Waals surface area contributed by atoms with Gasteiger partial charge in [-0.15, -0.1) is 11.3 Å². The molecule has 1 atom stereocenters. The fourth-order valence-electron chi connectivity index (χ4n) is 2.64. The number of carbonyl (C=O) groups is 1. The van der Waals surface area contributed by atoms with Crippen molar-refractivity contribution >= 4 is 17.2 Å². The first-order chi connectivity index (χ1) is 9.24. The Labute approximate surface area is 117 Å². The van der Waals surface area contributed by atoms with E-state index in [2.05, 4.69) is 24.3 Å². The first-order valence-electron chi connectivity index (χ1n) is 6.63. The largest absolute Gasteiger partial charge is 0.337 e. The molecule has 1 aromatic carbocycles. The van der Waals surface area contributed by atoms with Crippen LogP contribution in [0, 0.1) is 6.92 Å². The molecule has 1 aliphatic rings. The SMILES string of the molecule is Cc1csc(C(=O)N2CCC(c3ccccc3)C2)c1. The molecular weight excluding hydrogens is 254 g/mol. The molecule has 98 valence electrons. The van der Waals surface area contributed by atoms with E-state index in [4.69, 9.17) is 0 Å². The third kappa shape index (κ3) is 2.56. The van der Waals surface area contributed by atoms with E-state index >= 15 is 0 Å². The lowest BCUT2D eigenvalue weighted by Crippen LogP contribution is -2.27. The molecule has 1 aromatic heterocycles. The maximum atomic E-state index is 12.4. The lowest BCUT2D eigenvalue weighted by Gasteiger charge is -2.15. The van der Waals surface area contributed by atoms with E-state index in [-0.39, 0.29) is 5.91 Å². The Hall–Kier alpha value is -1.61. The van der Waals surface area contributed by atoms with Crippen molar-refractivity contribution in [3.63, 3.8) is 0 Å². The van der Waals surface area contributed by atoms with Gasteiger partial charge in [0.05, 0.1) is 4.88 Å². The van der Waals surface area contributed by atoms with Gasteiger partial charge in [0.15, 0.2) is 0 Å². The van der Waals surface area contributed by atoms with Gasteiger partial charge in [0.1, 0.15) is 0 Å². The Bertz CT molecular complexity index is 575. The minimum atomic E-state index is 0.191. The molecule has 3 heteroatoms. The van der Waals surface area contributed by atoms with Crippen LogP contribution in [-0.2, 0) is 0 Å². The summed E-state index contributed by atoms with van der Waals surface area (Å²) in [6.45, 7) is 3.75. The fourth-order valence-corrected chi connectivity index (χ4v) is 3.51. The van der Waals surface area contributed by atoms with Crippen molar-refractivity contribution in [2.75, 3.05) is 13.1 Å². The molecule has 1 saturated heterocycles. The summed E-state index contributed by atoms with van der Waals surface area (Å²) in [7, 11) is 0. The van der Waals surface area contributed by atoms with Gasteiger partial charge >= 0.3 is 0 Å². The molecule has 0 radical (unpaired) electrons. The molecule has 1 aliphatic heterocycles. The van der Waals surface area contributed by atoms with E-state index in [0.717, 1.165) is 24.4 Å². The van der Waals surface area contributed by atoms with Crippen LogP contribution in [0.4, 0.5) is 0 Å². The van der Waals surface area contributed by atoms with E-state index in [9.17, 15) is 4.79 Å². The number of amides is 1. The summed E-state index contributed by atoms with van der Waals surface area (Å²) in [5.41, 5.74) is 2.52. The van der Waals surface area contributed by atoms with Crippen molar-refractivity contribution in [2.24, 2.45) is 0 Å². The Kier molecular flexibility index (Phi) is 3.38. The van der Waals surface area contributed by atoms with Crippen LogP contribution in [0.15, 0.2) is 41.8 Å². The van der Waals surface area contributed by atoms with Gasteiger partial charge in [-0.1, -0.05) is 30.3 Å². The molecule has 0 spiro atoms. The number of rotatable bonds is 2. The molecule has 0 aliphatic carbocycles. The third-order valence-corrected chi connectivity index (χ3v) is 4.72. The zero-order valence-corrected chi connectivity index (χ0v) is 11.8. The van der Waals surface area contributed by atoms with Crippen LogP contribution in [0.3, 0.4) is 0 Å². The molecule has 2 nitrogen and oxygen atoms in total. The van der Waals surface area contributed by atoms with Crippen molar-refractivity contribution in [1.29, 1.82) is 0 Å². The van der Waals surface area contributed by atoms with Crippen molar-refractivity contribution in [3.05, 3.63) is 57.8 Å². The van der Waals surface area contributed by atoms with Crippen molar-refractivity contribution in [1.82, 2.24) is 4.90 Å². The third-order valence-electron chi connectivity index (χ3n) is 3.69. The van der Waals surface area contributed by atoms with Crippen molar-refractivity contribution in [3.8, 4) is 0 Å². The number of hydrogen-bond donors (Lipinski definition) is 0. The van der Waals surface area contributed by atoms with E-state index in [1.807, 2.05) is 29.3 Å². The Morgan fingerprint density at radius 3 is 2.79 bits per heavy atom. The summed E-state index contributed by atoms with van der Waals surface area (Å²) in [5, 5.41) is 2.04. The average Bonchev–Trinajstić information content (AvgIpc) is 3.08. The molecule has 0 saturated carbocycles. The quantitative estimate of drug-likeness (QED) is 0.816. The number of hydrogen-bond acceptors (Lipinski definition) is 2.